The van der Waals surface area contributed by atoms with Crippen molar-refractivity contribution in [3.05, 3.63) is 41.0 Å². The maximum absolute atomic E-state index is 3.65. The van der Waals surface area contributed by atoms with Gasteiger partial charge in [-0.25, -0.2) is 0 Å². The van der Waals surface area contributed by atoms with E-state index in [0.29, 0.717) is 0 Å². The molecule has 1 aromatic rings. The lowest BCUT2D eigenvalue weighted by molar-refractivity contribution is 1.12. The molecule has 1 aromatic carbocycles. The maximum atomic E-state index is 3.65. The van der Waals surface area contributed by atoms with E-state index in [1.165, 1.54) is 16.7 Å². The number of halogens is 2. The molecule has 0 atom stereocenters. The summed E-state index contributed by atoms with van der Waals surface area (Å²) >= 11 is 7.31. The predicted molar refractivity (Wildman–Crippen MR) is 59.6 cm³/mol. The van der Waals surface area contributed by atoms with Crippen molar-refractivity contribution in [1.82, 2.24) is 0 Å². The van der Waals surface area contributed by atoms with Gasteiger partial charge < -0.3 is 0 Å². The monoisotopic (exact) mass is 286 g/mol. The highest BCUT2D eigenvalue weighted by Crippen LogP contribution is 2.50. The molecular weight excluding hydrogens is 280 g/mol. The first-order valence-electron chi connectivity index (χ1n) is 3.78. The first kappa shape index (κ1) is 8.52. The van der Waals surface area contributed by atoms with Gasteiger partial charge in [0.2, 0.25) is 0 Å². The molecule has 1 aliphatic rings. The fraction of sp³-hybridized carbons (Fsp3) is 0.200. The van der Waals surface area contributed by atoms with Crippen molar-refractivity contribution in [3.8, 4) is 0 Å². The van der Waals surface area contributed by atoms with Crippen LogP contribution in [0.2, 0.25) is 0 Å². The second-order valence-electron chi connectivity index (χ2n) is 2.99. The largest absolute Gasteiger partial charge is 0.127 e. The van der Waals surface area contributed by atoms with Gasteiger partial charge in [0.05, 0.1) is 0 Å². The third-order valence-corrected chi connectivity index (χ3v) is 4.27. The van der Waals surface area contributed by atoms with Crippen LogP contribution >= 0.6 is 31.9 Å². The summed E-state index contributed by atoms with van der Waals surface area (Å²) in [6.45, 7) is 2.11. The Labute approximate surface area is 88.9 Å². The van der Waals surface area contributed by atoms with Crippen LogP contribution in [0.25, 0.3) is 6.08 Å². The van der Waals surface area contributed by atoms with Gasteiger partial charge in [0.15, 0.2) is 0 Å². The number of hydrogen-bond acceptors (Lipinski definition) is 0. The Bertz CT molecular complexity index is 351. The van der Waals surface area contributed by atoms with Crippen molar-refractivity contribution in [2.24, 2.45) is 0 Å². The van der Waals surface area contributed by atoms with E-state index < -0.39 is 0 Å². The fourth-order valence-electron chi connectivity index (χ4n) is 1.45. The Hall–Kier alpha value is -0.0800. The zero-order valence-corrected chi connectivity index (χ0v) is 9.81. The molecule has 0 nitrogen and oxygen atoms in total. The molecule has 0 heterocycles. The van der Waals surface area contributed by atoms with E-state index in [0.717, 1.165) is 0 Å². The normalized spacial score (nSPS) is 18.8. The lowest BCUT2D eigenvalue weighted by Gasteiger charge is -2.17. The minimum Gasteiger partial charge on any atom is -0.0624 e. The van der Waals surface area contributed by atoms with Crippen LogP contribution in [-0.2, 0) is 3.23 Å². The third kappa shape index (κ3) is 1.09. The van der Waals surface area contributed by atoms with Crippen LogP contribution in [0.15, 0.2) is 29.8 Å². The van der Waals surface area contributed by atoms with Gasteiger partial charge in [-0.1, -0.05) is 62.2 Å². The number of hydrogen-bond donors (Lipinski definition) is 0. The number of fused-ring (bicyclic) bond motifs is 1. The van der Waals surface area contributed by atoms with Gasteiger partial charge in [0.25, 0.3) is 0 Å². The highest BCUT2D eigenvalue weighted by Gasteiger charge is 2.33. The quantitative estimate of drug-likeness (QED) is 0.632. The molecule has 0 bridgehead atoms. The minimum absolute atomic E-state index is 0.128. The van der Waals surface area contributed by atoms with E-state index in [2.05, 4.69) is 69.1 Å². The number of alkyl halides is 2. The number of rotatable bonds is 0. The van der Waals surface area contributed by atoms with Gasteiger partial charge in [-0.15, -0.1) is 0 Å². The second kappa shape index (κ2) is 2.71. The molecule has 62 valence electrons. The lowest BCUT2D eigenvalue weighted by Crippen LogP contribution is -2.05. The first-order valence-corrected chi connectivity index (χ1v) is 5.37. The van der Waals surface area contributed by atoms with Gasteiger partial charge in [0.1, 0.15) is 3.23 Å². The van der Waals surface area contributed by atoms with Gasteiger partial charge in [-0.05, 0) is 23.6 Å². The summed E-state index contributed by atoms with van der Waals surface area (Å²) < 4.78 is -0.128. The Kier molecular flexibility index (Phi) is 1.92. The first-order chi connectivity index (χ1) is 5.62. The average Bonchev–Trinajstić information content (AvgIpc) is 2.25. The molecule has 2 heteroatoms. The second-order valence-corrected chi connectivity index (χ2v) is 6.43. The van der Waals surface area contributed by atoms with Gasteiger partial charge >= 0.3 is 0 Å². The van der Waals surface area contributed by atoms with Crippen molar-refractivity contribution in [1.29, 1.82) is 0 Å². The number of benzene rings is 1. The van der Waals surface area contributed by atoms with Gasteiger partial charge in [0, 0.05) is 0 Å². The van der Waals surface area contributed by atoms with Crippen LogP contribution in [0.1, 0.15) is 18.1 Å². The molecule has 0 aromatic heterocycles. The van der Waals surface area contributed by atoms with E-state index in [1.807, 2.05) is 0 Å². The Morgan fingerprint density at radius 1 is 1.17 bits per heavy atom. The lowest BCUT2D eigenvalue weighted by atomic mass is 10.1. The van der Waals surface area contributed by atoms with Gasteiger partial charge in [-0.3, -0.25) is 0 Å². The van der Waals surface area contributed by atoms with Crippen LogP contribution in [-0.4, -0.2) is 0 Å². The van der Waals surface area contributed by atoms with Crippen molar-refractivity contribution < 1.29 is 0 Å². The Morgan fingerprint density at radius 2 is 1.83 bits per heavy atom. The Morgan fingerprint density at radius 3 is 2.50 bits per heavy atom. The van der Waals surface area contributed by atoms with Crippen LogP contribution in [0.4, 0.5) is 0 Å². The summed E-state index contributed by atoms with van der Waals surface area (Å²) in [7, 11) is 0. The molecule has 0 aliphatic heterocycles. The Balaban J connectivity index is 2.66. The van der Waals surface area contributed by atoms with E-state index in [9.17, 15) is 0 Å². The molecule has 0 saturated heterocycles. The predicted octanol–water partition coefficient (Wildman–Crippen LogP) is 4.05. The smallest absolute Gasteiger partial charge is 0.0624 e. The molecule has 0 unspecified atom stereocenters. The summed E-state index contributed by atoms with van der Waals surface area (Å²) in [5.74, 6) is 0. The summed E-state index contributed by atoms with van der Waals surface area (Å²) in [5, 5.41) is 0. The SMILES string of the molecule is CC1=Cc2ccccc2C1(Br)Br. The molecule has 1 aliphatic carbocycles. The molecule has 0 fully saturated rings. The fourth-order valence-corrected chi connectivity index (χ4v) is 2.40. The molecule has 0 spiro atoms. The van der Waals surface area contributed by atoms with Crippen molar-refractivity contribution in [2.75, 3.05) is 0 Å². The highest BCUT2D eigenvalue weighted by atomic mass is 79.9. The molecule has 2 rings (SSSR count). The van der Waals surface area contributed by atoms with E-state index >= 15 is 0 Å². The molecular formula is C10H8Br2. The van der Waals surface area contributed by atoms with E-state index in [1.54, 1.807) is 0 Å². The zero-order chi connectivity index (χ0) is 8.77. The van der Waals surface area contributed by atoms with E-state index in [4.69, 9.17) is 0 Å². The molecule has 0 saturated carbocycles. The standard InChI is InChI=1S/C10H8Br2/c1-7-6-8-4-2-3-5-9(8)10(7,11)12/h2-6H,1H3. The van der Waals surface area contributed by atoms with Crippen LogP contribution in [0, 0.1) is 0 Å². The van der Waals surface area contributed by atoms with Crippen molar-refractivity contribution in [2.45, 2.75) is 10.2 Å². The molecule has 0 radical (unpaired) electrons. The zero-order valence-electron chi connectivity index (χ0n) is 6.64. The molecule has 12 heavy (non-hydrogen) atoms. The van der Waals surface area contributed by atoms with E-state index in [-0.39, 0.29) is 3.23 Å². The average molecular weight is 288 g/mol. The van der Waals surface area contributed by atoms with Crippen LogP contribution in [0.5, 0.6) is 0 Å². The minimum atomic E-state index is -0.128. The summed E-state index contributed by atoms with van der Waals surface area (Å²) in [6, 6.07) is 8.38. The summed E-state index contributed by atoms with van der Waals surface area (Å²) in [5.41, 5.74) is 3.88. The topological polar surface area (TPSA) is 0 Å². The maximum Gasteiger partial charge on any atom is 0.127 e. The summed E-state index contributed by atoms with van der Waals surface area (Å²) in [4.78, 5) is 0. The number of allylic oxidation sites excluding steroid dienone is 1. The third-order valence-electron chi connectivity index (χ3n) is 2.17. The molecule has 0 N–H and O–H groups in total. The van der Waals surface area contributed by atoms with Crippen LogP contribution in [0.3, 0.4) is 0 Å². The highest BCUT2D eigenvalue weighted by molar-refractivity contribution is 9.25. The molecule has 0 amide bonds. The van der Waals surface area contributed by atoms with Crippen molar-refractivity contribution >= 4 is 37.9 Å². The van der Waals surface area contributed by atoms with Crippen LogP contribution < -0.4 is 0 Å². The van der Waals surface area contributed by atoms with Gasteiger partial charge in [-0.2, -0.15) is 0 Å². The van der Waals surface area contributed by atoms with Crippen molar-refractivity contribution in [3.63, 3.8) is 0 Å². The summed E-state index contributed by atoms with van der Waals surface area (Å²) in [6.07, 6.45) is 2.19.